The summed E-state index contributed by atoms with van der Waals surface area (Å²) < 4.78 is 22.2. The van der Waals surface area contributed by atoms with Gasteiger partial charge in [-0.2, -0.15) is 0 Å². The number of carbonyl (C=O) groups is 1. The Morgan fingerprint density at radius 1 is 0.955 bits per heavy atom. The molecule has 0 saturated carbocycles. The van der Waals surface area contributed by atoms with Crippen molar-refractivity contribution in [2.45, 2.75) is 5.79 Å². The highest BCUT2D eigenvalue weighted by Crippen LogP contribution is 2.50. The number of ether oxygens (including phenoxy) is 4. The molecule has 2 aromatic rings. The summed E-state index contributed by atoms with van der Waals surface area (Å²) in [5.41, 5.74) is 1.55. The molecule has 0 aliphatic carbocycles. The predicted octanol–water partition coefficient (Wildman–Crippen LogP) is 3.07. The minimum absolute atomic E-state index is 0.346. The molecule has 5 heteroatoms. The van der Waals surface area contributed by atoms with Crippen molar-refractivity contribution < 1.29 is 23.7 Å². The molecule has 3 rings (SSSR count). The van der Waals surface area contributed by atoms with E-state index in [9.17, 15) is 4.79 Å². The summed E-state index contributed by atoms with van der Waals surface area (Å²) in [4.78, 5) is 12.1. The maximum atomic E-state index is 12.1. The maximum Gasteiger partial charge on any atom is 0.338 e. The highest BCUT2D eigenvalue weighted by molar-refractivity contribution is 5.92. The number of hydrogen-bond donors (Lipinski definition) is 0. The van der Waals surface area contributed by atoms with Crippen molar-refractivity contribution in [1.29, 1.82) is 0 Å². The van der Waals surface area contributed by atoms with Gasteiger partial charge in [0.1, 0.15) is 11.5 Å². The lowest BCUT2D eigenvalue weighted by Gasteiger charge is -2.38. The van der Waals surface area contributed by atoms with Gasteiger partial charge in [0, 0.05) is 14.2 Å². The molecule has 0 aromatic heterocycles. The Balaban J connectivity index is 2.34. The molecule has 5 nitrogen and oxygen atoms in total. The van der Waals surface area contributed by atoms with Crippen LogP contribution in [0.25, 0.3) is 0 Å². The van der Waals surface area contributed by atoms with Crippen LogP contribution in [0.4, 0.5) is 0 Å². The van der Waals surface area contributed by atoms with Crippen LogP contribution in [0.3, 0.4) is 0 Å². The first-order valence-electron chi connectivity index (χ1n) is 6.77. The Labute approximate surface area is 128 Å². The normalized spacial score (nSPS) is 14.5. The van der Waals surface area contributed by atoms with Crippen molar-refractivity contribution in [3.63, 3.8) is 0 Å². The molecule has 0 N–H and O–H groups in total. The summed E-state index contributed by atoms with van der Waals surface area (Å²) >= 11 is 0. The van der Waals surface area contributed by atoms with Gasteiger partial charge in [0.25, 0.3) is 0 Å². The van der Waals surface area contributed by atoms with Gasteiger partial charge in [-0.15, -0.1) is 0 Å². The van der Waals surface area contributed by atoms with Crippen LogP contribution in [0.5, 0.6) is 11.5 Å². The van der Waals surface area contributed by atoms with Crippen LogP contribution < -0.4 is 4.74 Å². The summed E-state index contributed by atoms with van der Waals surface area (Å²) in [5, 5.41) is 0. The van der Waals surface area contributed by atoms with E-state index in [-0.39, 0.29) is 0 Å². The molecule has 1 heterocycles. The molecule has 0 fully saturated rings. The van der Waals surface area contributed by atoms with Crippen LogP contribution in [0.2, 0.25) is 0 Å². The lowest BCUT2D eigenvalue weighted by molar-refractivity contribution is -0.188. The van der Waals surface area contributed by atoms with Gasteiger partial charge in [0.05, 0.1) is 23.8 Å². The molecule has 114 valence electrons. The Hall–Kier alpha value is -2.37. The molecule has 0 saturated heterocycles. The number of hydrogen-bond acceptors (Lipinski definition) is 5. The molecule has 0 amide bonds. The van der Waals surface area contributed by atoms with Crippen LogP contribution in [0, 0.1) is 0 Å². The van der Waals surface area contributed by atoms with Crippen molar-refractivity contribution >= 4 is 5.97 Å². The number of carbonyl (C=O) groups excluding carboxylic acids is 1. The van der Waals surface area contributed by atoms with Gasteiger partial charge < -0.3 is 18.9 Å². The van der Waals surface area contributed by atoms with E-state index >= 15 is 0 Å². The fraction of sp³-hybridized carbons (Fsp3) is 0.235. The third-order valence-corrected chi connectivity index (χ3v) is 3.80. The topological polar surface area (TPSA) is 54.0 Å². The van der Waals surface area contributed by atoms with E-state index in [4.69, 9.17) is 18.9 Å². The van der Waals surface area contributed by atoms with Crippen LogP contribution in [-0.2, 0) is 20.0 Å². The quantitative estimate of drug-likeness (QED) is 0.644. The third kappa shape index (κ3) is 1.90. The Morgan fingerprint density at radius 2 is 1.64 bits per heavy atom. The van der Waals surface area contributed by atoms with E-state index in [1.165, 1.54) is 21.3 Å². The number of esters is 1. The van der Waals surface area contributed by atoms with Crippen molar-refractivity contribution in [3.8, 4) is 11.5 Å². The molecule has 0 bridgehead atoms. The second-order valence-corrected chi connectivity index (χ2v) is 4.79. The minimum Gasteiger partial charge on any atom is -0.465 e. The molecule has 0 radical (unpaired) electrons. The minimum atomic E-state index is -1.23. The number of rotatable bonds is 3. The molecule has 0 unspecified atom stereocenters. The second kappa shape index (κ2) is 5.44. The first-order valence-corrected chi connectivity index (χ1v) is 6.77. The highest BCUT2D eigenvalue weighted by Gasteiger charge is 2.46. The van der Waals surface area contributed by atoms with Crippen molar-refractivity contribution in [2.75, 3.05) is 21.3 Å². The highest BCUT2D eigenvalue weighted by atomic mass is 16.7. The predicted molar refractivity (Wildman–Crippen MR) is 79.1 cm³/mol. The van der Waals surface area contributed by atoms with E-state index in [0.29, 0.717) is 28.2 Å². The van der Waals surface area contributed by atoms with Gasteiger partial charge in [0.2, 0.25) is 5.79 Å². The fourth-order valence-corrected chi connectivity index (χ4v) is 2.82. The summed E-state index contributed by atoms with van der Waals surface area (Å²) in [5.74, 6) is -0.570. The van der Waals surface area contributed by atoms with E-state index < -0.39 is 11.8 Å². The van der Waals surface area contributed by atoms with E-state index in [2.05, 4.69) is 0 Å². The van der Waals surface area contributed by atoms with Gasteiger partial charge in [0.15, 0.2) is 0 Å². The number of methoxy groups -OCH3 is 3. The lowest BCUT2D eigenvalue weighted by Crippen LogP contribution is -2.37. The summed E-state index contributed by atoms with van der Waals surface area (Å²) in [6.07, 6.45) is 0. The number of fused-ring (bicyclic) bond motifs is 2. The zero-order chi connectivity index (χ0) is 15.7. The van der Waals surface area contributed by atoms with Crippen LogP contribution >= 0.6 is 0 Å². The average Bonchev–Trinajstić information content (AvgIpc) is 2.58. The van der Waals surface area contributed by atoms with Crippen molar-refractivity contribution in [2.24, 2.45) is 0 Å². The van der Waals surface area contributed by atoms with Gasteiger partial charge in [-0.3, -0.25) is 0 Å². The molecule has 22 heavy (non-hydrogen) atoms. The first-order chi connectivity index (χ1) is 10.7. The van der Waals surface area contributed by atoms with E-state index in [1.807, 2.05) is 24.3 Å². The summed E-state index contributed by atoms with van der Waals surface area (Å²) in [6, 6.07) is 12.6. The van der Waals surface area contributed by atoms with Crippen LogP contribution in [0.1, 0.15) is 21.5 Å². The molecule has 0 atom stereocenters. The summed E-state index contributed by atoms with van der Waals surface area (Å²) in [6.45, 7) is 0. The Morgan fingerprint density at radius 3 is 2.32 bits per heavy atom. The zero-order valence-electron chi connectivity index (χ0n) is 12.6. The average molecular weight is 300 g/mol. The van der Waals surface area contributed by atoms with Crippen LogP contribution in [-0.4, -0.2) is 27.3 Å². The molecule has 1 aliphatic rings. The largest absolute Gasteiger partial charge is 0.465 e. The molecular weight excluding hydrogens is 284 g/mol. The van der Waals surface area contributed by atoms with Crippen LogP contribution in [0.15, 0.2) is 42.5 Å². The molecule has 0 spiro atoms. The van der Waals surface area contributed by atoms with E-state index in [0.717, 1.165) is 0 Å². The molecular formula is C17H16O5. The van der Waals surface area contributed by atoms with Gasteiger partial charge >= 0.3 is 5.97 Å². The Kier molecular flexibility index (Phi) is 3.60. The van der Waals surface area contributed by atoms with Crippen molar-refractivity contribution in [3.05, 3.63) is 59.2 Å². The van der Waals surface area contributed by atoms with Gasteiger partial charge in [-0.25, -0.2) is 4.79 Å². The first kappa shape index (κ1) is 14.6. The standard InChI is InChI=1S/C17H16O5/c1-19-16(18)11-7-6-10-14-15(11)17(20-2,21-3)12-8-4-5-9-13(12)22-14/h4-10H,1-3H3. The monoisotopic (exact) mass is 300 g/mol. The van der Waals surface area contributed by atoms with Crippen molar-refractivity contribution in [1.82, 2.24) is 0 Å². The lowest BCUT2D eigenvalue weighted by atomic mass is 9.89. The fourth-order valence-electron chi connectivity index (χ4n) is 2.82. The molecule has 2 aromatic carbocycles. The van der Waals surface area contributed by atoms with E-state index in [1.54, 1.807) is 18.2 Å². The SMILES string of the molecule is COC(=O)c1cccc2c1C(OC)(OC)c1ccccc1O2. The third-order valence-electron chi connectivity index (χ3n) is 3.80. The van der Waals surface area contributed by atoms with Gasteiger partial charge in [-0.1, -0.05) is 18.2 Å². The molecule has 1 aliphatic heterocycles. The Bertz CT molecular complexity index is 719. The second-order valence-electron chi connectivity index (χ2n) is 4.79. The van der Waals surface area contributed by atoms with Gasteiger partial charge in [-0.05, 0) is 24.3 Å². The zero-order valence-corrected chi connectivity index (χ0v) is 12.6. The smallest absolute Gasteiger partial charge is 0.338 e. The number of benzene rings is 2. The number of para-hydroxylation sites is 1. The summed E-state index contributed by atoms with van der Waals surface area (Å²) in [7, 11) is 4.40. The maximum absolute atomic E-state index is 12.1.